The number of carbonyl (C=O) groups excluding carboxylic acids is 2. The minimum atomic E-state index is -0.709. The van der Waals surface area contributed by atoms with Crippen molar-refractivity contribution in [1.29, 1.82) is 0 Å². The molecule has 1 N–H and O–H groups in total. The van der Waals surface area contributed by atoms with Crippen LogP contribution in [0.4, 0.5) is 0 Å². The fourth-order valence-corrected chi connectivity index (χ4v) is 2.26. The quantitative estimate of drug-likeness (QED) is 0.793. The van der Waals surface area contributed by atoms with Gasteiger partial charge in [-0.25, -0.2) is 4.79 Å². The Labute approximate surface area is 149 Å². The zero-order valence-electron chi connectivity index (χ0n) is 12.8. The number of methoxy groups -OCH3 is 1. The van der Waals surface area contributed by atoms with Gasteiger partial charge in [0.15, 0.2) is 6.61 Å². The van der Waals surface area contributed by atoms with Crippen molar-refractivity contribution in [3.05, 3.63) is 63.6 Å². The molecule has 2 aromatic rings. The molecule has 0 aromatic heterocycles. The Balaban J connectivity index is 1.84. The highest BCUT2D eigenvalue weighted by Crippen LogP contribution is 2.21. The predicted molar refractivity (Wildman–Crippen MR) is 91.6 cm³/mol. The number of hydrogen-bond acceptors (Lipinski definition) is 4. The van der Waals surface area contributed by atoms with Crippen LogP contribution in [0.5, 0.6) is 5.75 Å². The Morgan fingerprint density at radius 3 is 2.67 bits per heavy atom. The topological polar surface area (TPSA) is 64.6 Å². The van der Waals surface area contributed by atoms with E-state index < -0.39 is 18.5 Å². The average molecular weight is 368 g/mol. The van der Waals surface area contributed by atoms with Gasteiger partial charge in [-0.05, 0) is 35.9 Å². The van der Waals surface area contributed by atoms with Crippen LogP contribution in [-0.2, 0) is 16.1 Å². The number of halogens is 2. The third kappa shape index (κ3) is 5.15. The fraction of sp³-hybridized carbons (Fsp3) is 0.176. The van der Waals surface area contributed by atoms with E-state index in [0.717, 1.165) is 5.56 Å². The molecule has 2 aromatic carbocycles. The van der Waals surface area contributed by atoms with Crippen LogP contribution in [0.2, 0.25) is 10.0 Å². The van der Waals surface area contributed by atoms with Gasteiger partial charge in [0.2, 0.25) is 0 Å². The molecular formula is C17H15Cl2NO4. The summed E-state index contributed by atoms with van der Waals surface area (Å²) in [5.41, 5.74) is 0.983. The minimum absolute atomic E-state index is 0.116. The summed E-state index contributed by atoms with van der Waals surface area (Å²) in [5.74, 6) is -0.438. The average Bonchev–Trinajstić information content (AvgIpc) is 2.60. The van der Waals surface area contributed by atoms with E-state index in [-0.39, 0.29) is 10.6 Å². The Morgan fingerprint density at radius 1 is 1.12 bits per heavy atom. The van der Waals surface area contributed by atoms with Crippen molar-refractivity contribution in [2.45, 2.75) is 6.54 Å². The van der Waals surface area contributed by atoms with E-state index in [1.54, 1.807) is 19.2 Å². The second-order valence-corrected chi connectivity index (χ2v) is 5.67. The first kappa shape index (κ1) is 18.1. The summed E-state index contributed by atoms with van der Waals surface area (Å²) in [7, 11) is 1.57. The van der Waals surface area contributed by atoms with Crippen molar-refractivity contribution in [2.24, 2.45) is 0 Å². The zero-order chi connectivity index (χ0) is 17.5. The zero-order valence-corrected chi connectivity index (χ0v) is 14.4. The lowest BCUT2D eigenvalue weighted by atomic mass is 10.2. The second-order valence-electron chi connectivity index (χ2n) is 4.83. The van der Waals surface area contributed by atoms with E-state index in [2.05, 4.69) is 5.32 Å². The van der Waals surface area contributed by atoms with E-state index >= 15 is 0 Å². The van der Waals surface area contributed by atoms with Gasteiger partial charge in [0.1, 0.15) is 5.75 Å². The van der Waals surface area contributed by atoms with E-state index in [4.69, 9.17) is 32.7 Å². The number of ether oxygens (including phenoxy) is 2. The number of nitrogens with one attached hydrogen (secondary N) is 1. The Kier molecular flexibility index (Phi) is 6.46. The van der Waals surface area contributed by atoms with Crippen molar-refractivity contribution in [2.75, 3.05) is 13.7 Å². The number of rotatable bonds is 6. The van der Waals surface area contributed by atoms with Crippen LogP contribution in [0.25, 0.3) is 0 Å². The van der Waals surface area contributed by atoms with Gasteiger partial charge in [0.25, 0.3) is 5.91 Å². The molecule has 2 rings (SSSR count). The van der Waals surface area contributed by atoms with Gasteiger partial charge in [0.05, 0.1) is 17.7 Å². The van der Waals surface area contributed by atoms with E-state index in [0.29, 0.717) is 17.3 Å². The molecule has 0 aliphatic carbocycles. The molecular weight excluding hydrogens is 353 g/mol. The van der Waals surface area contributed by atoms with Gasteiger partial charge < -0.3 is 14.8 Å². The summed E-state index contributed by atoms with van der Waals surface area (Å²) >= 11 is 11.7. The van der Waals surface area contributed by atoms with Crippen molar-refractivity contribution >= 4 is 35.1 Å². The third-order valence-electron chi connectivity index (χ3n) is 3.11. The molecule has 126 valence electrons. The summed E-state index contributed by atoms with van der Waals surface area (Å²) in [6, 6.07) is 11.7. The smallest absolute Gasteiger partial charge is 0.340 e. The molecule has 0 atom stereocenters. The summed E-state index contributed by atoms with van der Waals surface area (Å²) in [5, 5.41) is 3.22. The van der Waals surface area contributed by atoms with Gasteiger partial charge in [-0.1, -0.05) is 35.3 Å². The highest BCUT2D eigenvalue weighted by Gasteiger charge is 2.14. The molecule has 0 unspecified atom stereocenters. The molecule has 0 aliphatic heterocycles. The maximum Gasteiger partial charge on any atom is 0.340 e. The molecule has 7 heteroatoms. The van der Waals surface area contributed by atoms with Crippen molar-refractivity contribution in [1.82, 2.24) is 5.32 Å². The molecule has 0 heterocycles. The number of benzene rings is 2. The highest BCUT2D eigenvalue weighted by atomic mass is 35.5. The molecule has 0 aliphatic rings. The van der Waals surface area contributed by atoms with Crippen LogP contribution in [0.1, 0.15) is 15.9 Å². The van der Waals surface area contributed by atoms with Crippen LogP contribution >= 0.6 is 23.2 Å². The van der Waals surface area contributed by atoms with Crippen LogP contribution < -0.4 is 10.1 Å². The Bertz CT molecular complexity index is 749. The largest absolute Gasteiger partial charge is 0.497 e. The Hall–Kier alpha value is -2.24. The molecule has 0 saturated heterocycles. The van der Waals surface area contributed by atoms with Gasteiger partial charge in [-0.15, -0.1) is 0 Å². The number of amides is 1. The molecule has 0 spiro atoms. The summed E-state index contributed by atoms with van der Waals surface area (Å²) < 4.78 is 10.0. The molecule has 24 heavy (non-hydrogen) atoms. The maximum atomic E-state index is 11.9. The first-order valence-electron chi connectivity index (χ1n) is 7.01. The molecule has 5 nitrogen and oxygen atoms in total. The lowest BCUT2D eigenvalue weighted by molar-refractivity contribution is -0.124. The second kappa shape index (κ2) is 8.57. The standard InChI is InChI=1S/C17H15Cl2NO4/c1-23-13-4-2-3-11(7-13)9-20-16(21)10-24-17(22)14-8-12(18)5-6-15(14)19/h2-8H,9-10H2,1H3,(H,20,21). The normalized spacial score (nSPS) is 10.1. The van der Waals surface area contributed by atoms with Gasteiger partial charge in [-0.3, -0.25) is 4.79 Å². The lowest BCUT2D eigenvalue weighted by Gasteiger charge is -2.08. The lowest BCUT2D eigenvalue weighted by Crippen LogP contribution is -2.28. The van der Waals surface area contributed by atoms with Gasteiger partial charge in [0, 0.05) is 11.6 Å². The number of hydrogen-bond donors (Lipinski definition) is 1. The van der Waals surface area contributed by atoms with E-state index in [1.807, 2.05) is 18.2 Å². The molecule has 1 amide bonds. The number of esters is 1. The fourth-order valence-electron chi connectivity index (χ4n) is 1.90. The van der Waals surface area contributed by atoms with Crippen LogP contribution in [0.3, 0.4) is 0 Å². The van der Waals surface area contributed by atoms with Gasteiger partial charge >= 0.3 is 5.97 Å². The monoisotopic (exact) mass is 367 g/mol. The molecule has 0 bridgehead atoms. The molecule has 0 saturated carbocycles. The van der Waals surface area contributed by atoms with Gasteiger partial charge in [-0.2, -0.15) is 0 Å². The summed E-state index contributed by atoms with van der Waals surface area (Å²) in [4.78, 5) is 23.7. The predicted octanol–water partition coefficient (Wildman–Crippen LogP) is 3.48. The third-order valence-corrected chi connectivity index (χ3v) is 3.67. The Morgan fingerprint density at radius 2 is 1.92 bits per heavy atom. The first-order valence-corrected chi connectivity index (χ1v) is 7.77. The SMILES string of the molecule is COc1cccc(CNC(=O)COC(=O)c2cc(Cl)ccc2Cl)c1. The molecule has 0 radical (unpaired) electrons. The maximum absolute atomic E-state index is 11.9. The van der Waals surface area contributed by atoms with E-state index in [9.17, 15) is 9.59 Å². The highest BCUT2D eigenvalue weighted by molar-refractivity contribution is 6.35. The van der Waals surface area contributed by atoms with Crippen LogP contribution in [-0.4, -0.2) is 25.6 Å². The minimum Gasteiger partial charge on any atom is -0.497 e. The summed E-state index contributed by atoms with van der Waals surface area (Å²) in [6.45, 7) is -0.114. The number of carbonyl (C=O) groups is 2. The van der Waals surface area contributed by atoms with Crippen LogP contribution in [0, 0.1) is 0 Å². The van der Waals surface area contributed by atoms with Crippen molar-refractivity contribution in [3.63, 3.8) is 0 Å². The van der Waals surface area contributed by atoms with E-state index in [1.165, 1.54) is 12.1 Å². The summed E-state index contributed by atoms with van der Waals surface area (Å²) in [6.07, 6.45) is 0. The first-order chi connectivity index (χ1) is 11.5. The molecule has 0 fully saturated rings. The van der Waals surface area contributed by atoms with Crippen molar-refractivity contribution < 1.29 is 19.1 Å². The van der Waals surface area contributed by atoms with Crippen molar-refractivity contribution in [3.8, 4) is 5.75 Å². The van der Waals surface area contributed by atoms with Crippen LogP contribution in [0.15, 0.2) is 42.5 Å².